The van der Waals surface area contributed by atoms with Crippen molar-refractivity contribution in [3.8, 4) is 5.75 Å². The Morgan fingerprint density at radius 2 is 2.08 bits per heavy atom. The minimum absolute atomic E-state index is 0.0472. The second kappa shape index (κ2) is 5.93. The molecule has 0 unspecified atom stereocenters. The largest absolute Gasteiger partial charge is 0.491 e. The summed E-state index contributed by atoms with van der Waals surface area (Å²) in [6.07, 6.45) is 5.30. The van der Waals surface area contributed by atoms with Crippen LogP contribution in [0.2, 0.25) is 0 Å². The van der Waals surface area contributed by atoms with E-state index in [0.29, 0.717) is 24.6 Å². The predicted molar refractivity (Wildman–Crippen MR) is 92.8 cm³/mol. The lowest BCUT2D eigenvalue weighted by molar-refractivity contribution is 0.0957. The first-order valence-corrected chi connectivity index (χ1v) is 8.62. The normalized spacial score (nSPS) is 16.8. The van der Waals surface area contributed by atoms with Gasteiger partial charge >= 0.3 is 0 Å². The topological polar surface area (TPSA) is 51.2 Å². The molecule has 0 radical (unpaired) electrons. The summed E-state index contributed by atoms with van der Waals surface area (Å²) in [7, 11) is 0. The van der Waals surface area contributed by atoms with Gasteiger partial charge in [-0.2, -0.15) is 0 Å². The van der Waals surface area contributed by atoms with Gasteiger partial charge in [-0.15, -0.1) is 0 Å². The summed E-state index contributed by atoms with van der Waals surface area (Å²) in [6.45, 7) is 5.20. The number of aromatic nitrogens is 1. The SMILES string of the molecule is Cc1c(Cc2ccc(C3CC3)nc2)cc2c(c1C)OCCNC2=O. The van der Waals surface area contributed by atoms with E-state index < -0.39 is 0 Å². The maximum Gasteiger partial charge on any atom is 0.255 e. The van der Waals surface area contributed by atoms with Crippen LogP contribution in [0.25, 0.3) is 0 Å². The van der Waals surface area contributed by atoms with E-state index in [1.54, 1.807) is 0 Å². The fourth-order valence-corrected chi connectivity index (χ4v) is 3.29. The highest BCUT2D eigenvalue weighted by Crippen LogP contribution is 2.39. The maximum absolute atomic E-state index is 12.3. The van der Waals surface area contributed by atoms with Crippen LogP contribution in [0.5, 0.6) is 5.75 Å². The predicted octanol–water partition coefficient (Wildman–Crippen LogP) is 3.29. The van der Waals surface area contributed by atoms with Crippen LogP contribution >= 0.6 is 0 Å². The minimum atomic E-state index is -0.0472. The number of carbonyl (C=O) groups excluding carboxylic acids is 1. The van der Waals surface area contributed by atoms with Crippen LogP contribution in [0.4, 0.5) is 0 Å². The molecule has 1 aliphatic heterocycles. The van der Waals surface area contributed by atoms with Gasteiger partial charge in [0.2, 0.25) is 0 Å². The molecule has 1 aromatic carbocycles. The Morgan fingerprint density at radius 3 is 2.79 bits per heavy atom. The highest BCUT2D eigenvalue weighted by atomic mass is 16.5. The zero-order valence-electron chi connectivity index (χ0n) is 14.2. The molecule has 1 saturated carbocycles. The van der Waals surface area contributed by atoms with Crippen LogP contribution in [-0.2, 0) is 6.42 Å². The summed E-state index contributed by atoms with van der Waals surface area (Å²) in [5.74, 6) is 1.36. The van der Waals surface area contributed by atoms with Crippen molar-refractivity contribution in [2.75, 3.05) is 13.2 Å². The standard InChI is InChI=1S/C20H22N2O2/c1-12-13(2)19-17(20(23)21-7-8-24-19)10-16(12)9-14-3-6-18(22-11-14)15-4-5-15/h3,6,10-11,15H,4-5,7-9H2,1-2H3,(H,21,23). The first-order valence-electron chi connectivity index (χ1n) is 8.62. The lowest BCUT2D eigenvalue weighted by Crippen LogP contribution is -2.24. The second-order valence-corrected chi connectivity index (χ2v) is 6.81. The molecule has 1 aliphatic carbocycles. The van der Waals surface area contributed by atoms with Crippen molar-refractivity contribution in [1.29, 1.82) is 0 Å². The number of fused-ring (bicyclic) bond motifs is 1. The van der Waals surface area contributed by atoms with Gasteiger partial charge in [0, 0.05) is 17.8 Å². The third-order valence-corrected chi connectivity index (χ3v) is 5.06. The molecule has 2 aliphatic rings. The summed E-state index contributed by atoms with van der Waals surface area (Å²) >= 11 is 0. The number of hydrogen-bond donors (Lipinski definition) is 1. The Morgan fingerprint density at radius 1 is 1.25 bits per heavy atom. The quantitative estimate of drug-likeness (QED) is 0.943. The minimum Gasteiger partial charge on any atom is -0.491 e. The monoisotopic (exact) mass is 322 g/mol. The highest BCUT2D eigenvalue weighted by molar-refractivity contribution is 5.98. The number of ether oxygens (including phenoxy) is 1. The van der Waals surface area contributed by atoms with Crippen LogP contribution in [0.3, 0.4) is 0 Å². The fourth-order valence-electron chi connectivity index (χ4n) is 3.29. The molecule has 124 valence electrons. The highest BCUT2D eigenvalue weighted by Gasteiger charge is 2.25. The average molecular weight is 322 g/mol. The smallest absolute Gasteiger partial charge is 0.255 e. The van der Waals surface area contributed by atoms with E-state index in [9.17, 15) is 4.79 Å². The number of amides is 1. The van der Waals surface area contributed by atoms with Gasteiger partial charge in [0.05, 0.1) is 12.1 Å². The van der Waals surface area contributed by atoms with Crippen molar-refractivity contribution in [2.24, 2.45) is 0 Å². The second-order valence-electron chi connectivity index (χ2n) is 6.81. The summed E-state index contributed by atoms with van der Waals surface area (Å²) in [5, 5.41) is 2.89. The number of nitrogens with zero attached hydrogens (tertiary/aromatic N) is 1. The van der Waals surface area contributed by atoms with Crippen molar-refractivity contribution in [3.05, 3.63) is 57.9 Å². The van der Waals surface area contributed by atoms with E-state index in [1.807, 2.05) is 19.2 Å². The van der Waals surface area contributed by atoms with E-state index in [-0.39, 0.29) is 5.91 Å². The molecule has 0 spiro atoms. The number of pyridine rings is 1. The molecule has 0 bridgehead atoms. The molecule has 4 rings (SSSR count). The van der Waals surface area contributed by atoms with Gasteiger partial charge in [0.25, 0.3) is 5.91 Å². The molecule has 1 aromatic heterocycles. The molecule has 4 nitrogen and oxygen atoms in total. The lowest BCUT2D eigenvalue weighted by Gasteiger charge is -2.16. The molecule has 4 heteroatoms. The van der Waals surface area contributed by atoms with Gasteiger partial charge in [0.15, 0.2) is 0 Å². The van der Waals surface area contributed by atoms with Crippen molar-refractivity contribution in [1.82, 2.24) is 10.3 Å². The Bertz CT molecular complexity index is 792. The number of nitrogens with one attached hydrogen (secondary N) is 1. The fraction of sp³-hybridized carbons (Fsp3) is 0.400. The molecular formula is C20H22N2O2. The molecule has 1 N–H and O–H groups in total. The Kier molecular flexibility index (Phi) is 3.75. The molecule has 24 heavy (non-hydrogen) atoms. The zero-order chi connectivity index (χ0) is 16.7. The third-order valence-electron chi connectivity index (χ3n) is 5.06. The summed E-state index contributed by atoms with van der Waals surface area (Å²) < 4.78 is 5.79. The maximum atomic E-state index is 12.3. The summed E-state index contributed by atoms with van der Waals surface area (Å²) in [6, 6.07) is 6.29. The molecule has 1 fully saturated rings. The van der Waals surface area contributed by atoms with Gasteiger partial charge in [0.1, 0.15) is 12.4 Å². The van der Waals surface area contributed by atoms with Gasteiger partial charge in [-0.05, 0) is 67.5 Å². The summed E-state index contributed by atoms with van der Waals surface area (Å²) in [4.78, 5) is 16.9. The summed E-state index contributed by atoms with van der Waals surface area (Å²) in [5.41, 5.74) is 6.44. The van der Waals surface area contributed by atoms with Crippen LogP contribution in [0.15, 0.2) is 24.4 Å². The van der Waals surface area contributed by atoms with Crippen molar-refractivity contribution in [2.45, 2.75) is 39.0 Å². The number of benzene rings is 1. The van der Waals surface area contributed by atoms with Crippen molar-refractivity contribution < 1.29 is 9.53 Å². The van der Waals surface area contributed by atoms with Crippen LogP contribution in [0.1, 0.15) is 57.1 Å². The van der Waals surface area contributed by atoms with Crippen molar-refractivity contribution >= 4 is 5.91 Å². The first kappa shape index (κ1) is 15.2. The average Bonchev–Trinajstić information content (AvgIpc) is 3.43. The zero-order valence-corrected chi connectivity index (χ0v) is 14.2. The van der Waals surface area contributed by atoms with E-state index in [1.165, 1.54) is 29.7 Å². The molecule has 2 heterocycles. The van der Waals surface area contributed by atoms with Crippen LogP contribution in [-0.4, -0.2) is 24.0 Å². The molecule has 1 amide bonds. The van der Waals surface area contributed by atoms with Crippen LogP contribution < -0.4 is 10.1 Å². The van der Waals surface area contributed by atoms with Gasteiger partial charge in [-0.25, -0.2) is 0 Å². The Balaban J connectivity index is 1.67. The number of rotatable bonds is 3. The van der Waals surface area contributed by atoms with Gasteiger partial charge < -0.3 is 10.1 Å². The van der Waals surface area contributed by atoms with Crippen LogP contribution in [0, 0.1) is 13.8 Å². The van der Waals surface area contributed by atoms with Gasteiger partial charge in [-0.1, -0.05) is 6.07 Å². The molecule has 2 aromatic rings. The van der Waals surface area contributed by atoms with E-state index in [0.717, 1.165) is 23.3 Å². The number of hydrogen-bond acceptors (Lipinski definition) is 3. The number of carbonyl (C=O) groups is 1. The Hall–Kier alpha value is -2.36. The first-order chi connectivity index (χ1) is 11.6. The molecular weight excluding hydrogens is 300 g/mol. The van der Waals surface area contributed by atoms with E-state index in [4.69, 9.17) is 4.74 Å². The van der Waals surface area contributed by atoms with E-state index in [2.05, 4.69) is 29.4 Å². The lowest BCUT2D eigenvalue weighted by atomic mass is 9.93. The van der Waals surface area contributed by atoms with E-state index >= 15 is 0 Å². The third kappa shape index (κ3) is 2.77. The molecule has 0 atom stereocenters. The van der Waals surface area contributed by atoms with Crippen molar-refractivity contribution in [3.63, 3.8) is 0 Å². The Labute approximate surface area is 142 Å². The van der Waals surface area contributed by atoms with Gasteiger partial charge in [-0.3, -0.25) is 9.78 Å². The molecule has 0 saturated heterocycles.